The number of carbonyl (C=O) groups excluding carboxylic acids is 2. The number of aromatic carboxylic acids is 2. The summed E-state index contributed by atoms with van der Waals surface area (Å²) in [5, 5.41) is 36.6. The zero-order chi connectivity index (χ0) is 15.4. The van der Waals surface area contributed by atoms with E-state index in [2.05, 4.69) is 5.11 Å². The molecule has 2 aromatic carbocycles. The summed E-state index contributed by atoms with van der Waals surface area (Å²) in [6.45, 7) is 0. The fraction of sp³-hybridized carbons (Fsp3) is 0. The van der Waals surface area contributed by atoms with E-state index in [4.69, 9.17) is 0 Å². The molecule has 0 fully saturated rings. The van der Waals surface area contributed by atoms with Crippen molar-refractivity contribution in [3.05, 3.63) is 64.9 Å². The molecule has 0 saturated heterocycles. The van der Waals surface area contributed by atoms with Crippen LogP contribution in [-0.2, 0) is 0 Å². The monoisotopic (exact) mass is 284 g/mol. The Balaban J connectivity index is 2.23. The van der Waals surface area contributed by atoms with Crippen LogP contribution in [0.5, 0.6) is 0 Å². The van der Waals surface area contributed by atoms with Gasteiger partial charge in [-0.05, 0) is 35.4 Å². The third-order valence-electron chi connectivity index (χ3n) is 2.63. The van der Waals surface area contributed by atoms with Crippen molar-refractivity contribution < 1.29 is 24.7 Å². The molecule has 0 heterocycles. The normalized spacial score (nSPS) is 11.1. The van der Waals surface area contributed by atoms with Crippen LogP contribution in [0.2, 0.25) is 0 Å². The van der Waals surface area contributed by atoms with Crippen LogP contribution < -0.4 is 10.2 Å². The largest absolute Gasteiger partial charge is 0.594 e. The second-order valence-corrected chi connectivity index (χ2v) is 4.04. The highest BCUT2D eigenvalue weighted by atomic mass is 16.5. The predicted octanol–water partition coefficient (Wildman–Crippen LogP) is 0.339. The maximum atomic E-state index is 11.8. The van der Waals surface area contributed by atoms with Crippen LogP contribution in [0.4, 0.5) is 11.4 Å². The summed E-state index contributed by atoms with van der Waals surface area (Å²) in [6, 6.07) is 10.3. The Labute approximate surface area is 119 Å². The van der Waals surface area contributed by atoms with E-state index in [0.29, 0.717) is 4.86 Å². The lowest BCUT2D eigenvalue weighted by Gasteiger charge is -2.04. The zero-order valence-electron chi connectivity index (χ0n) is 10.6. The van der Waals surface area contributed by atoms with Crippen molar-refractivity contribution >= 4 is 23.3 Å². The van der Waals surface area contributed by atoms with Gasteiger partial charge in [-0.25, -0.2) is 0 Å². The summed E-state index contributed by atoms with van der Waals surface area (Å²) in [5.41, 5.74) is 0.304. The number of azo groups is 1. The van der Waals surface area contributed by atoms with E-state index in [0.717, 1.165) is 0 Å². The quantitative estimate of drug-likeness (QED) is 0.455. The minimum atomic E-state index is -1.34. The average Bonchev–Trinajstić information content (AvgIpc) is 2.47. The van der Waals surface area contributed by atoms with Crippen LogP contribution in [0.3, 0.4) is 0 Å². The molecule has 0 unspecified atom stereocenters. The smallest absolute Gasteiger partial charge is 0.244 e. The van der Waals surface area contributed by atoms with E-state index in [1.54, 1.807) is 0 Å². The van der Waals surface area contributed by atoms with Gasteiger partial charge in [0.05, 0.1) is 11.9 Å². The SMILES string of the molecule is O=C([O-])c1ccc(N=[N+]([O-])c2ccc(C(=O)[O-])cc2)cc1. The van der Waals surface area contributed by atoms with Gasteiger partial charge in [0.1, 0.15) is 5.69 Å². The highest BCUT2D eigenvalue weighted by Gasteiger charge is 2.05. The fourth-order valence-electron chi connectivity index (χ4n) is 1.55. The molecule has 0 aromatic heterocycles. The van der Waals surface area contributed by atoms with Gasteiger partial charge in [0.2, 0.25) is 5.69 Å². The van der Waals surface area contributed by atoms with Gasteiger partial charge in [0, 0.05) is 17.2 Å². The van der Waals surface area contributed by atoms with Gasteiger partial charge in [-0.15, -0.1) is 0 Å². The molecule has 2 aromatic rings. The van der Waals surface area contributed by atoms with Gasteiger partial charge in [-0.1, -0.05) is 17.0 Å². The molecule has 0 aliphatic carbocycles. The van der Waals surface area contributed by atoms with Gasteiger partial charge in [-0.3, -0.25) is 0 Å². The average molecular weight is 284 g/mol. The standard InChI is InChI=1S/C14H10N2O5/c17-13(18)9-1-5-11(6-2-9)15-16(21)12-7-3-10(4-8-12)14(19)20/h1-8H,(H,17,18)(H,19,20)/p-2. The molecule has 0 bridgehead atoms. The number of nitrogens with zero attached hydrogens (tertiary/aromatic N) is 2. The third-order valence-corrected chi connectivity index (χ3v) is 2.63. The minimum Gasteiger partial charge on any atom is -0.594 e. The first-order valence-electron chi connectivity index (χ1n) is 5.79. The Bertz CT molecular complexity index is 705. The third kappa shape index (κ3) is 3.41. The fourth-order valence-corrected chi connectivity index (χ4v) is 1.55. The predicted molar refractivity (Wildman–Crippen MR) is 66.9 cm³/mol. The number of carboxylic acids is 2. The number of hydrogen-bond donors (Lipinski definition) is 0. The van der Waals surface area contributed by atoms with Crippen molar-refractivity contribution in [1.29, 1.82) is 0 Å². The van der Waals surface area contributed by atoms with E-state index in [9.17, 15) is 25.0 Å². The van der Waals surface area contributed by atoms with E-state index in [1.807, 2.05) is 0 Å². The lowest BCUT2D eigenvalue weighted by molar-refractivity contribution is -0.435. The van der Waals surface area contributed by atoms with E-state index in [-0.39, 0.29) is 22.5 Å². The molecule has 21 heavy (non-hydrogen) atoms. The van der Waals surface area contributed by atoms with Crippen LogP contribution in [0.1, 0.15) is 20.7 Å². The van der Waals surface area contributed by atoms with Gasteiger partial charge in [0.15, 0.2) is 0 Å². The molecular weight excluding hydrogens is 276 g/mol. The first kappa shape index (κ1) is 14.2. The molecule has 0 saturated carbocycles. The second kappa shape index (κ2) is 5.83. The van der Waals surface area contributed by atoms with Crippen molar-refractivity contribution in [3.8, 4) is 0 Å². The Morgan fingerprint density at radius 3 is 1.67 bits per heavy atom. The number of rotatable bonds is 4. The molecule has 0 N–H and O–H groups in total. The molecule has 7 heteroatoms. The Morgan fingerprint density at radius 1 is 0.810 bits per heavy atom. The maximum absolute atomic E-state index is 11.8. The van der Waals surface area contributed by atoms with Crippen molar-refractivity contribution in [2.45, 2.75) is 0 Å². The van der Waals surface area contributed by atoms with Crippen LogP contribution in [0.15, 0.2) is 53.6 Å². The first-order chi connectivity index (χ1) is 9.97. The van der Waals surface area contributed by atoms with Gasteiger partial charge in [-0.2, -0.15) is 0 Å². The highest BCUT2D eigenvalue weighted by Crippen LogP contribution is 2.18. The van der Waals surface area contributed by atoms with Crippen LogP contribution in [0, 0.1) is 5.21 Å². The van der Waals surface area contributed by atoms with Gasteiger partial charge >= 0.3 is 0 Å². The lowest BCUT2D eigenvalue weighted by atomic mass is 10.2. The first-order valence-corrected chi connectivity index (χ1v) is 5.79. The topological polar surface area (TPSA) is 119 Å². The molecule has 106 valence electrons. The summed E-state index contributed by atoms with van der Waals surface area (Å²) < 4.78 is 0. The molecule has 0 spiro atoms. The highest BCUT2D eigenvalue weighted by molar-refractivity contribution is 5.86. The zero-order valence-corrected chi connectivity index (χ0v) is 10.6. The molecule has 0 amide bonds. The van der Waals surface area contributed by atoms with Crippen LogP contribution >= 0.6 is 0 Å². The molecule has 0 aliphatic rings. The molecule has 7 nitrogen and oxygen atoms in total. The molecule has 0 aliphatic heterocycles. The van der Waals surface area contributed by atoms with E-state index < -0.39 is 11.9 Å². The molecule has 2 rings (SSSR count). The Morgan fingerprint density at radius 2 is 1.24 bits per heavy atom. The Kier molecular flexibility index (Phi) is 3.94. The summed E-state index contributed by atoms with van der Waals surface area (Å²) in [7, 11) is 0. The number of benzene rings is 2. The summed E-state index contributed by atoms with van der Waals surface area (Å²) in [5.74, 6) is -2.66. The van der Waals surface area contributed by atoms with Gasteiger partial charge < -0.3 is 25.0 Å². The van der Waals surface area contributed by atoms with Crippen molar-refractivity contribution in [2.24, 2.45) is 5.11 Å². The number of carboxylic acid groups (broad SMARTS) is 2. The summed E-state index contributed by atoms with van der Waals surface area (Å²) >= 11 is 0. The molecule has 0 radical (unpaired) electrons. The molecular formula is C14H8N2O5-2. The Hall–Kier alpha value is -3.22. The van der Waals surface area contributed by atoms with Crippen molar-refractivity contribution in [1.82, 2.24) is 0 Å². The maximum Gasteiger partial charge on any atom is 0.244 e. The van der Waals surface area contributed by atoms with E-state index in [1.165, 1.54) is 48.5 Å². The van der Waals surface area contributed by atoms with Crippen LogP contribution in [0.25, 0.3) is 0 Å². The number of carbonyl (C=O) groups is 2. The minimum absolute atomic E-state index is 0.0234. The summed E-state index contributed by atoms with van der Waals surface area (Å²) in [4.78, 5) is 21.5. The second-order valence-electron chi connectivity index (χ2n) is 4.04. The van der Waals surface area contributed by atoms with Crippen molar-refractivity contribution in [2.75, 3.05) is 0 Å². The number of hydrogen-bond acceptors (Lipinski definition) is 6. The van der Waals surface area contributed by atoms with E-state index >= 15 is 0 Å². The molecule has 0 atom stereocenters. The van der Waals surface area contributed by atoms with Gasteiger partial charge in [0.25, 0.3) is 0 Å². The lowest BCUT2D eigenvalue weighted by Crippen LogP contribution is -2.21. The van der Waals surface area contributed by atoms with Crippen molar-refractivity contribution in [3.63, 3.8) is 0 Å². The summed E-state index contributed by atoms with van der Waals surface area (Å²) in [6.07, 6.45) is 0. The van der Waals surface area contributed by atoms with Crippen LogP contribution in [-0.4, -0.2) is 16.8 Å².